The number of aromatic nitrogens is 1. The molecule has 1 N–H and O–H groups in total. The molecule has 0 bridgehead atoms. The van der Waals surface area contributed by atoms with Crippen LogP contribution in [0, 0.1) is 6.92 Å². The SMILES string of the molecule is C=CCc1ccc(OCC(=O)OCC(=O)c2c(C)[nH]c3ccccc23)c(OC)c1. The number of allylic oxidation sites excluding steroid dienone is 1. The van der Waals surface area contributed by atoms with Crippen molar-refractivity contribution in [2.45, 2.75) is 13.3 Å². The number of carbonyl (C=O) groups excluding carboxylic acids is 2. The Labute approximate surface area is 169 Å². The normalized spacial score (nSPS) is 10.6. The van der Waals surface area contributed by atoms with Crippen molar-refractivity contribution in [2.75, 3.05) is 20.3 Å². The maximum atomic E-state index is 12.6. The van der Waals surface area contributed by atoms with Gasteiger partial charge in [-0.25, -0.2) is 4.79 Å². The smallest absolute Gasteiger partial charge is 0.344 e. The Kier molecular flexibility index (Phi) is 6.34. The molecule has 3 rings (SSSR count). The lowest BCUT2D eigenvalue weighted by Crippen LogP contribution is -2.20. The Morgan fingerprint density at radius 3 is 2.66 bits per heavy atom. The number of esters is 1. The standard InChI is InChI=1S/C23H23NO5/c1-4-7-16-10-11-20(21(12-16)27-3)28-14-22(26)29-13-19(25)23-15(2)24-18-9-6-5-8-17(18)23/h4-6,8-12,24H,1,7,13-14H2,2-3H3. The number of Topliss-reactive ketones (excluding diaryl/α,β-unsaturated/α-hetero) is 1. The van der Waals surface area contributed by atoms with Crippen LogP contribution in [-0.4, -0.2) is 37.1 Å². The number of aryl methyl sites for hydroxylation is 1. The molecule has 1 aromatic heterocycles. The van der Waals surface area contributed by atoms with Crippen LogP contribution in [0.3, 0.4) is 0 Å². The van der Waals surface area contributed by atoms with Crippen LogP contribution in [-0.2, 0) is 16.0 Å². The molecule has 0 fully saturated rings. The Hall–Kier alpha value is -3.54. The molecule has 2 aromatic carbocycles. The van der Waals surface area contributed by atoms with E-state index in [1.807, 2.05) is 43.3 Å². The van der Waals surface area contributed by atoms with Gasteiger partial charge in [0.1, 0.15) is 0 Å². The molecule has 3 aromatic rings. The minimum Gasteiger partial charge on any atom is -0.493 e. The molecule has 0 unspecified atom stereocenters. The van der Waals surface area contributed by atoms with E-state index in [9.17, 15) is 9.59 Å². The zero-order valence-electron chi connectivity index (χ0n) is 16.5. The molecule has 0 aliphatic heterocycles. The van der Waals surface area contributed by atoms with E-state index in [4.69, 9.17) is 14.2 Å². The van der Waals surface area contributed by atoms with Crippen molar-refractivity contribution in [1.29, 1.82) is 0 Å². The van der Waals surface area contributed by atoms with Crippen molar-refractivity contribution in [3.63, 3.8) is 0 Å². The second-order valence-corrected chi connectivity index (χ2v) is 6.52. The molecule has 0 spiro atoms. The van der Waals surface area contributed by atoms with E-state index in [0.717, 1.165) is 22.2 Å². The minimum absolute atomic E-state index is 0.264. The number of carbonyl (C=O) groups is 2. The third kappa shape index (κ3) is 4.66. The lowest BCUT2D eigenvalue weighted by molar-refractivity contribution is -0.144. The number of methoxy groups -OCH3 is 1. The highest BCUT2D eigenvalue weighted by atomic mass is 16.6. The van der Waals surface area contributed by atoms with Crippen molar-refractivity contribution in [3.8, 4) is 11.5 Å². The number of rotatable bonds is 9. The fraction of sp³-hybridized carbons (Fsp3) is 0.217. The van der Waals surface area contributed by atoms with Gasteiger partial charge in [0.15, 0.2) is 24.7 Å². The first-order chi connectivity index (χ1) is 14.0. The Morgan fingerprint density at radius 2 is 1.90 bits per heavy atom. The molecule has 6 heteroatoms. The van der Waals surface area contributed by atoms with E-state index >= 15 is 0 Å². The molecule has 6 nitrogen and oxygen atoms in total. The quantitative estimate of drug-likeness (QED) is 0.338. The molecule has 29 heavy (non-hydrogen) atoms. The van der Waals surface area contributed by atoms with Gasteiger partial charge >= 0.3 is 5.97 Å². The molecule has 0 saturated heterocycles. The third-order valence-electron chi connectivity index (χ3n) is 4.49. The maximum absolute atomic E-state index is 12.6. The van der Waals surface area contributed by atoms with Crippen LogP contribution in [0.15, 0.2) is 55.1 Å². The fourth-order valence-corrected chi connectivity index (χ4v) is 3.16. The first kappa shape index (κ1) is 20.2. The predicted octanol–water partition coefficient (Wildman–Crippen LogP) is 4.02. The number of fused-ring (bicyclic) bond motifs is 1. The molecule has 0 aliphatic carbocycles. The second kappa shape index (κ2) is 9.10. The van der Waals surface area contributed by atoms with E-state index < -0.39 is 5.97 Å². The Bertz CT molecular complexity index is 1050. The largest absolute Gasteiger partial charge is 0.493 e. The van der Waals surface area contributed by atoms with Crippen molar-refractivity contribution >= 4 is 22.7 Å². The lowest BCUT2D eigenvalue weighted by Gasteiger charge is -2.11. The summed E-state index contributed by atoms with van der Waals surface area (Å²) < 4.78 is 15.9. The number of aromatic amines is 1. The summed E-state index contributed by atoms with van der Waals surface area (Å²) in [7, 11) is 1.53. The van der Waals surface area contributed by atoms with Gasteiger partial charge in [0, 0.05) is 22.2 Å². The molecule has 0 radical (unpaired) electrons. The summed E-state index contributed by atoms with van der Waals surface area (Å²) in [5.74, 6) is 0.0476. The number of hydrogen-bond donors (Lipinski definition) is 1. The minimum atomic E-state index is -0.631. The van der Waals surface area contributed by atoms with Gasteiger partial charge in [-0.05, 0) is 37.1 Å². The topological polar surface area (TPSA) is 77.6 Å². The highest BCUT2D eigenvalue weighted by Gasteiger charge is 2.18. The highest BCUT2D eigenvalue weighted by molar-refractivity contribution is 6.10. The summed E-state index contributed by atoms with van der Waals surface area (Å²) in [5, 5.41) is 0.812. The van der Waals surface area contributed by atoms with Crippen LogP contribution < -0.4 is 9.47 Å². The number of ether oxygens (including phenoxy) is 3. The maximum Gasteiger partial charge on any atom is 0.344 e. The van der Waals surface area contributed by atoms with E-state index in [2.05, 4.69) is 11.6 Å². The van der Waals surface area contributed by atoms with Crippen LogP contribution >= 0.6 is 0 Å². The average molecular weight is 393 g/mol. The number of para-hydroxylation sites is 1. The molecule has 1 heterocycles. The van der Waals surface area contributed by atoms with Crippen molar-refractivity contribution in [3.05, 3.63) is 71.9 Å². The van der Waals surface area contributed by atoms with Crippen LogP contribution in [0.2, 0.25) is 0 Å². The van der Waals surface area contributed by atoms with Gasteiger partial charge in [0.2, 0.25) is 5.78 Å². The number of H-pyrrole nitrogens is 1. The molecule has 0 saturated carbocycles. The summed E-state index contributed by atoms with van der Waals surface area (Å²) in [5.41, 5.74) is 3.17. The molecule has 0 atom stereocenters. The zero-order chi connectivity index (χ0) is 20.8. The van der Waals surface area contributed by atoms with E-state index in [-0.39, 0.29) is 19.0 Å². The van der Waals surface area contributed by atoms with Gasteiger partial charge in [-0.2, -0.15) is 0 Å². The van der Waals surface area contributed by atoms with Crippen molar-refractivity contribution < 1.29 is 23.8 Å². The second-order valence-electron chi connectivity index (χ2n) is 6.52. The zero-order valence-corrected chi connectivity index (χ0v) is 16.5. The van der Waals surface area contributed by atoms with Crippen LogP contribution in [0.5, 0.6) is 11.5 Å². The highest BCUT2D eigenvalue weighted by Crippen LogP contribution is 2.28. The molecular formula is C23H23NO5. The van der Waals surface area contributed by atoms with E-state index in [1.54, 1.807) is 12.1 Å². The average Bonchev–Trinajstić information content (AvgIpc) is 3.06. The fourth-order valence-electron chi connectivity index (χ4n) is 3.16. The Morgan fingerprint density at radius 1 is 1.10 bits per heavy atom. The van der Waals surface area contributed by atoms with Crippen molar-refractivity contribution in [1.82, 2.24) is 4.98 Å². The molecule has 0 amide bonds. The lowest BCUT2D eigenvalue weighted by atomic mass is 10.1. The molecule has 150 valence electrons. The molecule has 0 aliphatic rings. The van der Waals surface area contributed by atoms with Crippen LogP contribution in [0.1, 0.15) is 21.6 Å². The molecular weight excluding hydrogens is 370 g/mol. The van der Waals surface area contributed by atoms with Gasteiger partial charge in [-0.15, -0.1) is 6.58 Å². The van der Waals surface area contributed by atoms with Crippen LogP contribution in [0.25, 0.3) is 10.9 Å². The van der Waals surface area contributed by atoms with E-state index in [1.165, 1.54) is 7.11 Å². The number of nitrogens with one attached hydrogen (secondary N) is 1. The number of hydrogen-bond acceptors (Lipinski definition) is 5. The van der Waals surface area contributed by atoms with Gasteiger partial charge in [-0.1, -0.05) is 30.3 Å². The summed E-state index contributed by atoms with van der Waals surface area (Å²) in [6.07, 6.45) is 2.49. The predicted molar refractivity (Wildman–Crippen MR) is 111 cm³/mol. The van der Waals surface area contributed by atoms with Gasteiger partial charge in [-0.3, -0.25) is 4.79 Å². The van der Waals surface area contributed by atoms with Gasteiger partial charge in [0.25, 0.3) is 0 Å². The van der Waals surface area contributed by atoms with Crippen molar-refractivity contribution in [2.24, 2.45) is 0 Å². The Balaban J connectivity index is 1.58. The summed E-state index contributed by atoms with van der Waals surface area (Å²) in [4.78, 5) is 27.8. The first-order valence-electron chi connectivity index (χ1n) is 9.20. The summed E-state index contributed by atoms with van der Waals surface area (Å²) in [6.45, 7) is 4.86. The van der Waals surface area contributed by atoms with Gasteiger partial charge in [0.05, 0.1) is 7.11 Å². The third-order valence-corrected chi connectivity index (χ3v) is 4.49. The van der Waals surface area contributed by atoms with E-state index in [0.29, 0.717) is 23.5 Å². The monoisotopic (exact) mass is 393 g/mol. The number of benzene rings is 2. The number of ketones is 1. The van der Waals surface area contributed by atoms with Gasteiger partial charge < -0.3 is 19.2 Å². The summed E-state index contributed by atoms with van der Waals surface area (Å²) >= 11 is 0. The summed E-state index contributed by atoms with van der Waals surface area (Å²) in [6, 6.07) is 12.9. The first-order valence-corrected chi connectivity index (χ1v) is 9.20. The van der Waals surface area contributed by atoms with Crippen LogP contribution in [0.4, 0.5) is 0 Å².